The quantitative estimate of drug-likeness (QED) is 0.772. The van der Waals surface area contributed by atoms with Crippen LogP contribution in [0, 0.1) is 6.92 Å². The first kappa shape index (κ1) is 17.6. The van der Waals surface area contributed by atoms with Crippen molar-refractivity contribution in [3.05, 3.63) is 24.2 Å². The van der Waals surface area contributed by atoms with E-state index >= 15 is 0 Å². The summed E-state index contributed by atoms with van der Waals surface area (Å²) in [6.07, 6.45) is 0.994. The third kappa shape index (κ3) is 4.05. The molecule has 1 N–H and O–H groups in total. The molecule has 1 saturated heterocycles. The molecular weight excluding hydrogens is 324 g/mol. The van der Waals surface area contributed by atoms with Gasteiger partial charge in [0.15, 0.2) is 0 Å². The number of aliphatic hydroxyl groups is 1. The van der Waals surface area contributed by atoms with E-state index in [0.29, 0.717) is 43.9 Å². The number of β-amino-alcohol motifs (C(OH)–C–C–N with tert-alkyl or cyclic N) is 1. The number of hydrogen-bond acceptors (Lipinski definition) is 9. The summed E-state index contributed by atoms with van der Waals surface area (Å²) in [6.45, 7) is 8.73. The molecule has 2 aromatic heterocycles. The fourth-order valence-electron chi connectivity index (χ4n) is 3.08. The summed E-state index contributed by atoms with van der Waals surface area (Å²) in [4.78, 5) is 12.6. The minimum atomic E-state index is -0.491. The van der Waals surface area contributed by atoms with Crippen LogP contribution >= 0.6 is 0 Å². The molecule has 2 atom stereocenters. The fraction of sp³-hybridized carbons (Fsp3) is 0.625. The van der Waals surface area contributed by atoms with Crippen LogP contribution in [0.3, 0.4) is 0 Å². The number of nitrogens with zero attached hydrogens (tertiary/aromatic N) is 6. The molecule has 9 heteroatoms. The van der Waals surface area contributed by atoms with E-state index in [0.717, 1.165) is 12.4 Å². The molecule has 0 bridgehead atoms. The Morgan fingerprint density at radius 1 is 1.32 bits per heavy atom. The predicted octanol–water partition coefficient (Wildman–Crippen LogP) is 0.638. The third-order valence-corrected chi connectivity index (χ3v) is 4.28. The van der Waals surface area contributed by atoms with Crippen LogP contribution < -0.4 is 9.64 Å². The molecule has 0 aromatic carbocycles. The maximum atomic E-state index is 10.6. The highest BCUT2D eigenvalue weighted by Crippen LogP contribution is 2.24. The third-order valence-electron chi connectivity index (χ3n) is 4.28. The van der Waals surface area contributed by atoms with Gasteiger partial charge < -0.3 is 19.2 Å². The van der Waals surface area contributed by atoms with E-state index in [1.807, 2.05) is 11.8 Å². The average molecular weight is 348 g/mol. The first-order chi connectivity index (χ1) is 12.1. The van der Waals surface area contributed by atoms with Crippen molar-refractivity contribution in [2.75, 3.05) is 31.1 Å². The van der Waals surface area contributed by atoms with Crippen molar-refractivity contribution in [1.82, 2.24) is 25.1 Å². The highest BCUT2D eigenvalue weighted by molar-refractivity contribution is 5.43. The van der Waals surface area contributed by atoms with Crippen LogP contribution in [0.25, 0.3) is 0 Å². The predicted molar refractivity (Wildman–Crippen MR) is 90.3 cm³/mol. The van der Waals surface area contributed by atoms with Gasteiger partial charge in [0.25, 0.3) is 0 Å². The summed E-state index contributed by atoms with van der Waals surface area (Å²) >= 11 is 0. The van der Waals surface area contributed by atoms with Gasteiger partial charge in [-0.1, -0.05) is 6.92 Å². The van der Waals surface area contributed by atoms with Crippen LogP contribution in [0.1, 0.15) is 25.6 Å². The number of aromatic nitrogens is 4. The number of ether oxygens (including phenoxy) is 1. The molecule has 9 nitrogen and oxygen atoms in total. The van der Waals surface area contributed by atoms with Gasteiger partial charge in [-0.25, -0.2) is 9.97 Å². The molecule has 0 saturated carbocycles. The first-order valence-corrected chi connectivity index (χ1v) is 8.51. The van der Waals surface area contributed by atoms with Gasteiger partial charge in [0, 0.05) is 26.1 Å². The summed E-state index contributed by atoms with van der Waals surface area (Å²) in [6, 6.07) is 1.76. The molecule has 0 aliphatic carbocycles. The molecule has 1 aliphatic heterocycles. The molecule has 1 aliphatic rings. The summed E-state index contributed by atoms with van der Waals surface area (Å²) < 4.78 is 10.9. The second-order valence-corrected chi connectivity index (χ2v) is 5.97. The number of likely N-dealkylation sites (N-methyl/N-ethyl adjacent to an activating group) is 1. The molecule has 1 fully saturated rings. The molecule has 0 spiro atoms. The van der Waals surface area contributed by atoms with Crippen molar-refractivity contribution in [2.45, 2.75) is 39.5 Å². The Labute approximate surface area is 146 Å². The van der Waals surface area contributed by atoms with Crippen molar-refractivity contribution in [2.24, 2.45) is 0 Å². The summed E-state index contributed by atoms with van der Waals surface area (Å²) in [7, 11) is 0. The largest absolute Gasteiger partial charge is 0.478 e. The van der Waals surface area contributed by atoms with Gasteiger partial charge in [-0.3, -0.25) is 4.90 Å². The van der Waals surface area contributed by atoms with Crippen molar-refractivity contribution in [1.29, 1.82) is 0 Å². The van der Waals surface area contributed by atoms with Gasteiger partial charge in [-0.2, -0.15) is 0 Å². The molecule has 2 aromatic rings. The lowest BCUT2D eigenvalue weighted by molar-refractivity contribution is 0.0761. The lowest BCUT2D eigenvalue weighted by atomic mass is 10.2. The van der Waals surface area contributed by atoms with E-state index in [4.69, 9.17) is 9.15 Å². The zero-order valence-electron chi connectivity index (χ0n) is 14.8. The molecule has 3 rings (SSSR count). The Morgan fingerprint density at radius 2 is 2.16 bits per heavy atom. The Bertz CT molecular complexity index is 694. The van der Waals surface area contributed by atoms with Gasteiger partial charge in [0.05, 0.1) is 25.3 Å². The Morgan fingerprint density at radius 3 is 2.84 bits per heavy atom. The fourth-order valence-corrected chi connectivity index (χ4v) is 3.08. The van der Waals surface area contributed by atoms with E-state index in [2.05, 4.69) is 32.0 Å². The average Bonchev–Trinajstić information content (AvgIpc) is 3.19. The molecule has 0 radical (unpaired) electrons. The van der Waals surface area contributed by atoms with E-state index in [1.165, 1.54) is 6.33 Å². The summed E-state index contributed by atoms with van der Waals surface area (Å²) in [5.74, 6) is 2.40. The second kappa shape index (κ2) is 7.75. The summed E-state index contributed by atoms with van der Waals surface area (Å²) in [5.41, 5.74) is 0. The number of aliphatic hydroxyl groups excluding tert-OH is 1. The van der Waals surface area contributed by atoms with Crippen LogP contribution in [-0.2, 0) is 6.54 Å². The van der Waals surface area contributed by atoms with Gasteiger partial charge >= 0.3 is 0 Å². The maximum Gasteiger partial charge on any atom is 0.230 e. The number of aryl methyl sites for hydroxylation is 1. The normalized spacial score (nSPS) is 20.4. The highest BCUT2D eigenvalue weighted by Gasteiger charge is 2.36. The number of rotatable bonds is 7. The topological polar surface area (TPSA) is 101 Å². The Hall–Kier alpha value is -2.26. The minimum absolute atomic E-state index is 0.0392. The lowest BCUT2D eigenvalue weighted by Crippen LogP contribution is -2.42. The summed E-state index contributed by atoms with van der Waals surface area (Å²) in [5, 5.41) is 18.5. The van der Waals surface area contributed by atoms with Crippen molar-refractivity contribution in [3.8, 4) is 5.88 Å². The number of anilines is 1. The van der Waals surface area contributed by atoms with Gasteiger partial charge in [-0.15, -0.1) is 10.2 Å². The van der Waals surface area contributed by atoms with Crippen molar-refractivity contribution in [3.63, 3.8) is 0 Å². The van der Waals surface area contributed by atoms with Crippen LogP contribution in [0.2, 0.25) is 0 Å². The van der Waals surface area contributed by atoms with Gasteiger partial charge in [0.1, 0.15) is 12.1 Å². The monoisotopic (exact) mass is 348 g/mol. The van der Waals surface area contributed by atoms with E-state index in [9.17, 15) is 5.11 Å². The second-order valence-electron chi connectivity index (χ2n) is 5.97. The Balaban J connectivity index is 1.70. The molecule has 136 valence electrons. The van der Waals surface area contributed by atoms with Crippen LogP contribution in [0.5, 0.6) is 5.88 Å². The number of hydrogen-bond donors (Lipinski definition) is 1. The molecular formula is C16H24N6O3. The van der Waals surface area contributed by atoms with Crippen LogP contribution in [0.4, 0.5) is 5.82 Å². The zero-order chi connectivity index (χ0) is 17.8. The van der Waals surface area contributed by atoms with Crippen LogP contribution in [-0.4, -0.2) is 68.6 Å². The van der Waals surface area contributed by atoms with Crippen LogP contribution in [0.15, 0.2) is 16.8 Å². The van der Waals surface area contributed by atoms with E-state index in [-0.39, 0.29) is 6.04 Å². The first-order valence-electron chi connectivity index (χ1n) is 8.51. The Kier molecular flexibility index (Phi) is 5.44. The smallest absolute Gasteiger partial charge is 0.230 e. The lowest BCUT2D eigenvalue weighted by Gasteiger charge is -2.28. The minimum Gasteiger partial charge on any atom is -0.478 e. The SMILES string of the molecule is CCOc1cc(N2C[C@@H](O)[C@@H](N(CC)Cc3nnc(C)o3)C2)ncn1. The molecule has 0 unspecified atom stereocenters. The standard InChI is InChI=1S/C16H24N6O3/c1-4-21(9-16-20-19-11(3)25-16)12-7-22(8-13(12)23)14-6-15(24-5-2)18-10-17-14/h6,10,12-13,23H,4-5,7-9H2,1-3H3/t12-,13+/m0/s1. The van der Waals surface area contributed by atoms with Crippen molar-refractivity contribution < 1.29 is 14.3 Å². The van der Waals surface area contributed by atoms with Gasteiger partial charge in [-0.05, 0) is 13.5 Å². The molecule has 0 amide bonds. The van der Waals surface area contributed by atoms with E-state index < -0.39 is 6.10 Å². The highest BCUT2D eigenvalue weighted by atomic mass is 16.5. The van der Waals surface area contributed by atoms with Crippen molar-refractivity contribution >= 4 is 5.82 Å². The zero-order valence-corrected chi connectivity index (χ0v) is 14.8. The van der Waals surface area contributed by atoms with Gasteiger partial charge in [0.2, 0.25) is 17.7 Å². The molecule has 3 heterocycles. The molecule has 25 heavy (non-hydrogen) atoms. The maximum absolute atomic E-state index is 10.6. The van der Waals surface area contributed by atoms with E-state index in [1.54, 1.807) is 13.0 Å².